The molecule has 0 spiro atoms. The third kappa shape index (κ3) is 6.87. The number of aliphatic hydroxyl groups is 2. The second-order valence-corrected chi connectivity index (χ2v) is 10.2. The van der Waals surface area contributed by atoms with E-state index in [1.807, 2.05) is 0 Å². The fourth-order valence-corrected chi connectivity index (χ4v) is 5.42. The molecule has 21 heteroatoms. The number of nitrogens with one attached hydrogen (secondary N) is 1. The molecule has 6 atom stereocenters. The van der Waals surface area contributed by atoms with Crippen LogP contribution in [0.25, 0.3) is 0 Å². The summed E-state index contributed by atoms with van der Waals surface area (Å²) in [5, 5.41) is 20.0. The number of aromatic amines is 1. The van der Waals surface area contributed by atoms with E-state index >= 15 is 0 Å². The molecule has 18 nitrogen and oxygen atoms in total. The summed E-state index contributed by atoms with van der Waals surface area (Å²) < 4.78 is 55.6. The van der Waals surface area contributed by atoms with Gasteiger partial charge in [-0.2, -0.15) is 8.62 Å². The maximum Gasteiger partial charge on any atom is 0.536 e. The van der Waals surface area contributed by atoms with Crippen molar-refractivity contribution < 1.29 is 66.1 Å². The van der Waals surface area contributed by atoms with E-state index in [0.29, 0.717) is 10.8 Å². The number of methoxy groups -OCH3 is 1. The summed E-state index contributed by atoms with van der Waals surface area (Å²) >= 11 is 0. The topological polar surface area (TPSA) is 274 Å². The van der Waals surface area contributed by atoms with Crippen LogP contribution in [-0.2, 0) is 31.8 Å². The molecular formula is C10H17N2O16P3. The largest absolute Gasteiger partial charge is 0.536 e. The number of hydrogen-bond acceptors (Lipinski definition) is 12. The predicted octanol–water partition coefficient (Wildman–Crippen LogP) is -2.49. The third-order valence-corrected chi connectivity index (χ3v) is 7.26. The average molecular weight is 514 g/mol. The molecule has 1 aliphatic rings. The number of phosphoric acid groups is 3. The predicted molar refractivity (Wildman–Crippen MR) is 93.6 cm³/mol. The Kier molecular flexibility index (Phi) is 7.83. The number of aliphatic hydroxyl groups excluding tert-OH is 2. The summed E-state index contributed by atoms with van der Waals surface area (Å²) in [5.41, 5.74) is -2.65. The van der Waals surface area contributed by atoms with Gasteiger partial charge in [0.15, 0.2) is 6.23 Å². The lowest BCUT2D eigenvalue weighted by Gasteiger charge is -2.19. The SMILES string of the molecule is COC[C@H]1O[C@@H](n2cc(OP(=O)(O)OP(=O)(O)OP(=O)(O)O)c(=O)[nH]c2=O)[C@H](O)[C@@H]1O. The van der Waals surface area contributed by atoms with Gasteiger partial charge in [-0.25, -0.2) is 18.5 Å². The van der Waals surface area contributed by atoms with Gasteiger partial charge >= 0.3 is 29.2 Å². The molecule has 0 radical (unpaired) electrons. The second-order valence-electron chi connectivity index (χ2n) is 5.84. The summed E-state index contributed by atoms with van der Waals surface area (Å²) in [6, 6.07) is 0. The van der Waals surface area contributed by atoms with E-state index in [0.717, 1.165) is 0 Å². The van der Waals surface area contributed by atoms with Crippen molar-refractivity contribution in [3.63, 3.8) is 0 Å². The molecule has 7 N–H and O–H groups in total. The summed E-state index contributed by atoms with van der Waals surface area (Å²) in [6.07, 6.45) is -5.50. The van der Waals surface area contributed by atoms with Gasteiger partial charge in [0.05, 0.1) is 12.8 Å². The number of phosphoric ester groups is 1. The van der Waals surface area contributed by atoms with Gasteiger partial charge in [-0.1, -0.05) is 0 Å². The van der Waals surface area contributed by atoms with Crippen LogP contribution >= 0.6 is 23.5 Å². The molecule has 1 aromatic heterocycles. The molecule has 1 saturated heterocycles. The van der Waals surface area contributed by atoms with Crippen molar-refractivity contribution in [2.75, 3.05) is 13.7 Å². The van der Waals surface area contributed by atoms with Crippen molar-refractivity contribution in [1.82, 2.24) is 9.55 Å². The smallest absolute Gasteiger partial charge is 0.396 e. The highest BCUT2D eigenvalue weighted by atomic mass is 31.3. The minimum Gasteiger partial charge on any atom is -0.396 e. The monoisotopic (exact) mass is 514 g/mol. The zero-order valence-corrected chi connectivity index (χ0v) is 17.8. The highest BCUT2D eigenvalue weighted by Gasteiger charge is 2.45. The van der Waals surface area contributed by atoms with Gasteiger partial charge in [-0.05, 0) is 0 Å². The van der Waals surface area contributed by atoms with Crippen LogP contribution in [0.1, 0.15) is 6.23 Å². The van der Waals surface area contributed by atoms with Crippen LogP contribution in [0.3, 0.4) is 0 Å². The molecule has 0 saturated carbocycles. The molecule has 1 aromatic rings. The van der Waals surface area contributed by atoms with Crippen molar-refractivity contribution in [2.24, 2.45) is 0 Å². The molecule has 2 heterocycles. The Morgan fingerprint density at radius 2 is 1.68 bits per heavy atom. The van der Waals surface area contributed by atoms with E-state index in [1.165, 1.54) is 7.11 Å². The number of H-pyrrole nitrogens is 1. The lowest BCUT2D eigenvalue weighted by molar-refractivity contribution is -0.0616. The molecule has 2 rings (SSSR count). The maximum atomic E-state index is 12.0. The molecule has 1 fully saturated rings. The molecule has 31 heavy (non-hydrogen) atoms. The van der Waals surface area contributed by atoms with E-state index in [1.54, 1.807) is 4.98 Å². The van der Waals surface area contributed by atoms with Crippen LogP contribution < -0.4 is 15.8 Å². The van der Waals surface area contributed by atoms with Gasteiger partial charge in [0.25, 0.3) is 5.56 Å². The summed E-state index contributed by atoms with van der Waals surface area (Å²) in [4.78, 5) is 61.1. The van der Waals surface area contributed by atoms with Crippen LogP contribution in [0, 0.1) is 0 Å². The standard InChI is InChI=1S/C10H17N2O16P3/c1-24-3-5-6(13)7(14)9(25-5)12-2-4(8(15)11-10(12)16)26-30(20,21)28-31(22,23)27-29(17,18)19/h2,5-7,9,13-14H,3H2,1H3,(H,20,21)(H,22,23)(H,11,15,16)(H2,17,18,19)/t5-,6-,7-,9-/m1/s1. The molecule has 0 amide bonds. The summed E-state index contributed by atoms with van der Waals surface area (Å²) in [5.74, 6) is -1.18. The first-order valence-corrected chi connectivity index (χ1v) is 12.3. The van der Waals surface area contributed by atoms with Gasteiger partial charge in [0, 0.05) is 7.11 Å². The van der Waals surface area contributed by atoms with Crippen molar-refractivity contribution in [3.8, 4) is 5.75 Å². The average Bonchev–Trinajstić information content (AvgIpc) is 2.82. The van der Waals surface area contributed by atoms with Crippen LogP contribution in [0.2, 0.25) is 0 Å². The van der Waals surface area contributed by atoms with Gasteiger partial charge in [-0.15, -0.1) is 0 Å². The van der Waals surface area contributed by atoms with Crippen molar-refractivity contribution >= 4 is 23.5 Å². The Bertz CT molecular complexity index is 1060. The Morgan fingerprint density at radius 3 is 2.23 bits per heavy atom. The van der Waals surface area contributed by atoms with E-state index < -0.39 is 65.0 Å². The van der Waals surface area contributed by atoms with Gasteiger partial charge < -0.3 is 38.9 Å². The van der Waals surface area contributed by atoms with Crippen molar-refractivity contribution in [3.05, 3.63) is 27.0 Å². The normalized spacial score (nSPS) is 28.1. The Balaban J connectivity index is 2.32. The van der Waals surface area contributed by atoms with Crippen LogP contribution in [0.15, 0.2) is 15.8 Å². The molecule has 2 unspecified atom stereocenters. The first-order chi connectivity index (χ1) is 14.1. The first-order valence-electron chi connectivity index (χ1n) is 7.74. The van der Waals surface area contributed by atoms with Crippen molar-refractivity contribution in [2.45, 2.75) is 24.5 Å². The fourth-order valence-electron chi connectivity index (χ4n) is 2.40. The van der Waals surface area contributed by atoms with Crippen LogP contribution in [0.5, 0.6) is 5.75 Å². The minimum atomic E-state index is -5.86. The van der Waals surface area contributed by atoms with Gasteiger partial charge in [0.1, 0.15) is 18.3 Å². The quantitative estimate of drug-likeness (QED) is 0.168. The summed E-state index contributed by atoms with van der Waals surface area (Å²) in [6.45, 7) is -0.193. The van der Waals surface area contributed by atoms with Gasteiger partial charge in [0.2, 0.25) is 5.75 Å². The Hall–Kier alpha value is -1.23. The van der Waals surface area contributed by atoms with Crippen LogP contribution in [-0.4, -0.2) is 71.4 Å². The van der Waals surface area contributed by atoms with Crippen molar-refractivity contribution in [1.29, 1.82) is 0 Å². The van der Waals surface area contributed by atoms with Gasteiger partial charge in [-0.3, -0.25) is 19.2 Å². The minimum absolute atomic E-state index is 0.193. The molecular weight excluding hydrogens is 497 g/mol. The second kappa shape index (κ2) is 9.33. The molecule has 178 valence electrons. The van der Waals surface area contributed by atoms with Crippen LogP contribution in [0.4, 0.5) is 0 Å². The lowest BCUT2D eigenvalue weighted by atomic mass is 10.1. The maximum absolute atomic E-state index is 12.0. The molecule has 1 aliphatic heterocycles. The number of nitrogens with zero attached hydrogens (tertiary/aromatic N) is 1. The molecule has 0 aromatic carbocycles. The summed E-state index contributed by atoms with van der Waals surface area (Å²) in [7, 11) is -16.0. The Labute approximate surface area is 171 Å². The zero-order chi connectivity index (χ0) is 23.8. The fraction of sp³-hybridized carbons (Fsp3) is 0.600. The van der Waals surface area contributed by atoms with E-state index in [-0.39, 0.29) is 6.61 Å². The molecule has 0 bridgehead atoms. The highest BCUT2D eigenvalue weighted by molar-refractivity contribution is 7.66. The van der Waals surface area contributed by atoms with E-state index in [2.05, 4.69) is 13.1 Å². The zero-order valence-electron chi connectivity index (χ0n) is 15.1. The van der Waals surface area contributed by atoms with E-state index in [4.69, 9.17) is 24.2 Å². The number of aromatic nitrogens is 2. The Morgan fingerprint density at radius 1 is 1.06 bits per heavy atom. The number of ether oxygens (including phenoxy) is 2. The lowest BCUT2D eigenvalue weighted by Crippen LogP contribution is -2.38. The first kappa shape index (κ1) is 26.0. The molecule has 0 aliphatic carbocycles. The number of hydrogen-bond donors (Lipinski definition) is 7. The van der Waals surface area contributed by atoms with E-state index in [9.17, 15) is 38.4 Å². The number of rotatable bonds is 9. The highest BCUT2D eigenvalue weighted by Crippen LogP contribution is 2.65. The third-order valence-electron chi connectivity index (χ3n) is 3.51.